The second kappa shape index (κ2) is 8.90. The molecule has 0 saturated carbocycles. The molecule has 0 unspecified atom stereocenters. The average Bonchev–Trinajstić information content (AvgIpc) is 2.83. The van der Waals surface area contributed by atoms with Gasteiger partial charge < -0.3 is 10.1 Å². The summed E-state index contributed by atoms with van der Waals surface area (Å²) in [5, 5.41) is 3.72. The number of anilines is 3. The van der Waals surface area contributed by atoms with E-state index < -0.39 is 23.8 Å². The molecule has 4 aromatic rings. The van der Waals surface area contributed by atoms with E-state index in [4.69, 9.17) is 4.74 Å². The van der Waals surface area contributed by atoms with Gasteiger partial charge in [-0.05, 0) is 32.0 Å². The van der Waals surface area contributed by atoms with Crippen LogP contribution >= 0.6 is 0 Å². The van der Waals surface area contributed by atoms with Gasteiger partial charge in [-0.2, -0.15) is 0 Å². The molecule has 1 aliphatic heterocycles. The maximum Gasteiger partial charge on any atom is 0.269 e. The molecule has 35 heavy (non-hydrogen) atoms. The van der Waals surface area contributed by atoms with Gasteiger partial charge in [-0.3, -0.25) is 9.69 Å². The second-order valence-electron chi connectivity index (χ2n) is 8.23. The van der Waals surface area contributed by atoms with Gasteiger partial charge >= 0.3 is 0 Å². The molecule has 0 spiro atoms. The highest BCUT2D eigenvalue weighted by Crippen LogP contribution is 2.41. The summed E-state index contributed by atoms with van der Waals surface area (Å²) in [5.41, 5.74) is 1.21. The SMILES string of the molecule is Cc1nc(N[C@H](C)c2cccc(C(F)F)c2F)c2cc3c(cc2n1)OCC(=O)N3c1ccccc1. The van der Waals surface area contributed by atoms with Gasteiger partial charge in [-0.1, -0.05) is 36.4 Å². The van der Waals surface area contributed by atoms with Crippen LogP contribution in [-0.4, -0.2) is 22.5 Å². The molecule has 3 aromatic carbocycles. The number of carbonyl (C=O) groups is 1. The number of hydrogen-bond acceptors (Lipinski definition) is 5. The summed E-state index contributed by atoms with van der Waals surface area (Å²) in [7, 11) is 0. The van der Waals surface area contributed by atoms with Crippen LogP contribution in [0.4, 0.5) is 30.4 Å². The quantitative estimate of drug-likeness (QED) is 0.368. The van der Waals surface area contributed by atoms with Crippen LogP contribution in [0.1, 0.15) is 36.3 Å². The summed E-state index contributed by atoms with van der Waals surface area (Å²) in [6, 6.07) is 15.9. The van der Waals surface area contributed by atoms with Crippen LogP contribution in [0.25, 0.3) is 10.9 Å². The first-order chi connectivity index (χ1) is 16.8. The number of nitrogens with one attached hydrogen (secondary N) is 1. The maximum atomic E-state index is 14.8. The van der Waals surface area contributed by atoms with E-state index in [-0.39, 0.29) is 18.1 Å². The summed E-state index contributed by atoms with van der Waals surface area (Å²) in [6.45, 7) is 3.27. The van der Waals surface area contributed by atoms with E-state index in [0.29, 0.717) is 39.7 Å². The van der Waals surface area contributed by atoms with E-state index in [0.717, 1.165) is 6.07 Å². The monoisotopic (exact) mass is 478 g/mol. The molecule has 0 aliphatic carbocycles. The third kappa shape index (κ3) is 4.14. The van der Waals surface area contributed by atoms with Gasteiger partial charge in [-0.15, -0.1) is 0 Å². The number of benzene rings is 3. The molecule has 1 amide bonds. The van der Waals surface area contributed by atoms with Crippen molar-refractivity contribution in [1.82, 2.24) is 9.97 Å². The van der Waals surface area contributed by atoms with E-state index in [1.165, 1.54) is 12.1 Å². The minimum Gasteiger partial charge on any atom is -0.481 e. The van der Waals surface area contributed by atoms with Crippen LogP contribution in [0.2, 0.25) is 0 Å². The molecule has 9 heteroatoms. The molecular weight excluding hydrogens is 457 g/mol. The molecule has 1 atom stereocenters. The Morgan fingerprint density at radius 3 is 2.51 bits per heavy atom. The topological polar surface area (TPSA) is 67.4 Å². The molecule has 1 N–H and O–H groups in total. The molecule has 0 fully saturated rings. The Hall–Kier alpha value is -4.14. The summed E-state index contributed by atoms with van der Waals surface area (Å²) < 4.78 is 46.9. The highest BCUT2D eigenvalue weighted by molar-refractivity contribution is 6.07. The zero-order valence-corrected chi connectivity index (χ0v) is 18.9. The first kappa shape index (κ1) is 22.6. The zero-order chi connectivity index (χ0) is 24.7. The van der Waals surface area contributed by atoms with Gasteiger partial charge in [0, 0.05) is 22.7 Å². The molecule has 0 radical (unpaired) electrons. The van der Waals surface area contributed by atoms with Gasteiger partial charge in [0.05, 0.1) is 22.8 Å². The van der Waals surface area contributed by atoms with E-state index >= 15 is 0 Å². The van der Waals surface area contributed by atoms with Crippen LogP contribution in [0, 0.1) is 12.7 Å². The normalized spacial score (nSPS) is 14.1. The van der Waals surface area contributed by atoms with Gasteiger partial charge in [0.15, 0.2) is 6.61 Å². The van der Waals surface area contributed by atoms with Crippen molar-refractivity contribution in [3.8, 4) is 5.75 Å². The van der Waals surface area contributed by atoms with Crippen LogP contribution in [-0.2, 0) is 4.79 Å². The van der Waals surface area contributed by atoms with Crippen LogP contribution < -0.4 is 15.0 Å². The van der Waals surface area contributed by atoms with E-state index in [9.17, 15) is 18.0 Å². The van der Waals surface area contributed by atoms with Crippen molar-refractivity contribution >= 4 is 34.0 Å². The second-order valence-corrected chi connectivity index (χ2v) is 8.23. The number of para-hydroxylation sites is 1. The number of rotatable bonds is 5. The van der Waals surface area contributed by atoms with Crippen molar-refractivity contribution in [2.75, 3.05) is 16.8 Å². The number of aryl methyl sites for hydroxylation is 1. The van der Waals surface area contributed by atoms with Crippen molar-refractivity contribution in [2.45, 2.75) is 26.3 Å². The largest absolute Gasteiger partial charge is 0.481 e. The number of carbonyl (C=O) groups excluding carboxylic acids is 1. The smallest absolute Gasteiger partial charge is 0.269 e. The van der Waals surface area contributed by atoms with E-state index in [2.05, 4.69) is 15.3 Å². The predicted octanol–water partition coefficient (Wildman–Crippen LogP) is 6.25. The maximum absolute atomic E-state index is 14.8. The Kier molecular flexibility index (Phi) is 5.76. The molecular formula is C26H21F3N4O2. The number of halogens is 3. The highest BCUT2D eigenvalue weighted by Gasteiger charge is 2.28. The van der Waals surface area contributed by atoms with Crippen molar-refractivity contribution < 1.29 is 22.7 Å². The molecule has 1 aromatic heterocycles. The molecule has 0 bridgehead atoms. The summed E-state index contributed by atoms with van der Waals surface area (Å²) in [5.74, 6) is 0.152. The number of ether oxygens (including phenoxy) is 1. The van der Waals surface area contributed by atoms with Crippen molar-refractivity contribution in [3.05, 3.63) is 83.4 Å². The van der Waals surface area contributed by atoms with Gasteiger partial charge in [0.25, 0.3) is 12.3 Å². The van der Waals surface area contributed by atoms with E-state index in [1.54, 1.807) is 30.9 Å². The van der Waals surface area contributed by atoms with E-state index in [1.807, 2.05) is 30.3 Å². The van der Waals surface area contributed by atoms with Crippen molar-refractivity contribution in [3.63, 3.8) is 0 Å². The summed E-state index contributed by atoms with van der Waals surface area (Å²) >= 11 is 0. The Morgan fingerprint density at radius 1 is 1.03 bits per heavy atom. The highest BCUT2D eigenvalue weighted by atomic mass is 19.3. The lowest BCUT2D eigenvalue weighted by atomic mass is 10.0. The Labute approximate surface area is 199 Å². The van der Waals surface area contributed by atoms with Gasteiger partial charge in [0.2, 0.25) is 0 Å². The Balaban J connectivity index is 1.60. The van der Waals surface area contributed by atoms with Gasteiger partial charge in [0.1, 0.15) is 23.2 Å². The average molecular weight is 478 g/mol. The molecule has 1 aliphatic rings. The minimum absolute atomic E-state index is 0.0922. The lowest BCUT2D eigenvalue weighted by Crippen LogP contribution is -2.35. The fourth-order valence-corrected chi connectivity index (χ4v) is 4.21. The minimum atomic E-state index is -2.92. The first-order valence-corrected chi connectivity index (χ1v) is 11.0. The first-order valence-electron chi connectivity index (χ1n) is 11.0. The van der Waals surface area contributed by atoms with Gasteiger partial charge in [-0.25, -0.2) is 23.1 Å². The third-order valence-corrected chi connectivity index (χ3v) is 5.86. The van der Waals surface area contributed by atoms with Crippen molar-refractivity contribution in [1.29, 1.82) is 0 Å². The molecule has 0 saturated heterocycles. The lowest BCUT2D eigenvalue weighted by Gasteiger charge is -2.30. The number of amides is 1. The predicted molar refractivity (Wildman–Crippen MR) is 127 cm³/mol. The van der Waals surface area contributed by atoms with Crippen LogP contribution in [0.15, 0.2) is 60.7 Å². The summed E-state index contributed by atoms with van der Waals surface area (Å²) in [6.07, 6.45) is -2.92. The standard InChI is InChI=1S/C26H21F3N4O2/c1-14(17-9-6-10-18(24(17)27)25(28)29)30-26-19-11-21-22(12-20(19)31-15(2)32-26)35-13-23(34)33(21)16-7-4-3-5-8-16/h3-12,14,25H,13H2,1-2H3,(H,30,31,32)/t14-/m1/s1. The van der Waals surface area contributed by atoms with Crippen LogP contribution in [0.5, 0.6) is 5.75 Å². The summed E-state index contributed by atoms with van der Waals surface area (Å²) in [4.78, 5) is 23.3. The fraction of sp³-hybridized carbons (Fsp3) is 0.192. The Bertz CT molecular complexity index is 1430. The third-order valence-electron chi connectivity index (χ3n) is 5.86. The number of aromatic nitrogens is 2. The number of fused-ring (bicyclic) bond motifs is 2. The zero-order valence-electron chi connectivity index (χ0n) is 18.9. The Morgan fingerprint density at radius 2 is 1.77 bits per heavy atom. The van der Waals surface area contributed by atoms with Crippen molar-refractivity contribution in [2.24, 2.45) is 0 Å². The number of hydrogen-bond donors (Lipinski definition) is 1. The lowest BCUT2D eigenvalue weighted by molar-refractivity contribution is -0.120. The molecule has 2 heterocycles. The fourth-order valence-electron chi connectivity index (χ4n) is 4.21. The molecule has 178 valence electrons. The molecule has 5 rings (SSSR count). The molecule has 6 nitrogen and oxygen atoms in total. The number of alkyl halides is 2. The van der Waals surface area contributed by atoms with Crippen LogP contribution in [0.3, 0.4) is 0 Å². The number of nitrogens with zero attached hydrogens (tertiary/aromatic N) is 3.